The van der Waals surface area contributed by atoms with E-state index in [1.807, 2.05) is 5.92 Å². The molecule has 1 heteroatoms. The van der Waals surface area contributed by atoms with Crippen molar-refractivity contribution in [3.8, 4) is 0 Å². The Hall–Kier alpha value is 1.00. The molecule has 0 aromatic heterocycles. The van der Waals surface area contributed by atoms with Gasteiger partial charge in [0.1, 0.15) is 0 Å². The van der Waals surface area contributed by atoms with Crippen molar-refractivity contribution in [1.29, 1.82) is 0 Å². The van der Waals surface area contributed by atoms with Crippen molar-refractivity contribution in [3.63, 3.8) is 0 Å². The predicted molar refractivity (Wildman–Crippen MR) is 29.8 cm³/mol. The minimum atomic E-state index is 0. The van der Waals surface area contributed by atoms with Gasteiger partial charge in [0.2, 0.25) is 0 Å². The molecule has 0 aromatic rings. The van der Waals surface area contributed by atoms with Gasteiger partial charge in [0.15, 0.2) is 0 Å². The third-order valence-corrected chi connectivity index (χ3v) is 2.39. The molecule has 2 saturated carbocycles. The molecule has 0 nitrogen and oxygen atoms in total. The van der Waals surface area contributed by atoms with Crippen molar-refractivity contribution in [2.24, 2.45) is 5.92 Å². The topological polar surface area (TPSA) is 0 Å². The van der Waals surface area contributed by atoms with Crippen molar-refractivity contribution in [2.45, 2.75) is 32.1 Å². The summed E-state index contributed by atoms with van der Waals surface area (Å²) in [5.41, 5.74) is 0. The van der Waals surface area contributed by atoms with Crippen molar-refractivity contribution in [3.05, 3.63) is 5.92 Å². The molecule has 0 aliphatic heterocycles. The Morgan fingerprint density at radius 3 is 1.88 bits per heavy atom. The maximum Gasteiger partial charge on any atom is 1.00 e. The van der Waals surface area contributed by atoms with Crippen molar-refractivity contribution < 1.29 is 29.6 Å². The van der Waals surface area contributed by atoms with E-state index in [9.17, 15) is 0 Å². The van der Waals surface area contributed by atoms with E-state index in [1.165, 1.54) is 32.1 Å². The first-order valence-electron chi connectivity index (χ1n) is 3.29. The van der Waals surface area contributed by atoms with E-state index in [1.54, 1.807) is 0 Å². The smallest absolute Gasteiger partial charge is 0.313 e. The molecule has 0 amide bonds. The zero-order chi connectivity index (χ0) is 4.69. The van der Waals surface area contributed by atoms with Crippen LogP contribution >= 0.6 is 0 Å². The average Bonchev–Trinajstić information content (AvgIpc) is 2.22. The molecule has 0 heterocycles. The van der Waals surface area contributed by atoms with E-state index >= 15 is 0 Å². The largest absolute Gasteiger partial charge is 1.00 e. The van der Waals surface area contributed by atoms with Crippen LogP contribution in [0.15, 0.2) is 0 Å². The van der Waals surface area contributed by atoms with Gasteiger partial charge in [0.05, 0.1) is 0 Å². The monoisotopic (exact) mass is 118 g/mol. The summed E-state index contributed by atoms with van der Waals surface area (Å²) < 4.78 is 0. The van der Waals surface area contributed by atoms with Gasteiger partial charge in [-0.15, -0.1) is 0 Å². The van der Waals surface area contributed by atoms with E-state index in [-0.39, 0.29) is 29.6 Å². The molecule has 2 fully saturated rings. The summed E-state index contributed by atoms with van der Waals surface area (Å²) in [5.74, 6) is 3.00. The molecule has 2 aliphatic rings. The second-order valence-corrected chi connectivity index (χ2v) is 2.90. The fourth-order valence-corrected chi connectivity index (χ4v) is 1.90. The fraction of sp³-hybridized carbons (Fsp3) is 0.857. The quantitative estimate of drug-likeness (QED) is 0.287. The second-order valence-electron chi connectivity index (χ2n) is 2.90. The number of hydrogen-bond donors (Lipinski definition) is 0. The van der Waals surface area contributed by atoms with Crippen molar-refractivity contribution in [2.75, 3.05) is 0 Å². The van der Waals surface area contributed by atoms with Crippen LogP contribution in [0, 0.1) is 11.8 Å². The summed E-state index contributed by atoms with van der Waals surface area (Å²) in [4.78, 5) is 0. The van der Waals surface area contributed by atoms with Crippen LogP contribution in [0.1, 0.15) is 32.1 Å². The second kappa shape index (κ2) is 2.72. The molecular formula is C7H11Na. The van der Waals surface area contributed by atoms with E-state index in [2.05, 4.69) is 0 Å². The molecular weight excluding hydrogens is 107 g/mol. The first kappa shape index (κ1) is 7.11. The van der Waals surface area contributed by atoms with Crippen LogP contribution in [0.5, 0.6) is 0 Å². The van der Waals surface area contributed by atoms with Crippen LogP contribution in [0.2, 0.25) is 0 Å². The Balaban J connectivity index is 0.000000320. The molecule has 2 bridgehead atoms. The van der Waals surface area contributed by atoms with Crippen molar-refractivity contribution in [1.82, 2.24) is 0 Å². The van der Waals surface area contributed by atoms with Gasteiger partial charge in [-0.2, -0.15) is 19.3 Å². The third-order valence-electron chi connectivity index (χ3n) is 2.39. The Kier molecular flexibility index (Phi) is 2.42. The van der Waals surface area contributed by atoms with E-state index in [4.69, 9.17) is 0 Å². The zero-order valence-corrected chi connectivity index (χ0v) is 7.61. The Labute approximate surface area is 73.3 Å². The number of fused-ring (bicyclic) bond motifs is 2. The van der Waals surface area contributed by atoms with Crippen LogP contribution in [0.4, 0.5) is 0 Å². The Morgan fingerprint density at radius 1 is 1.12 bits per heavy atom. The molecule has 0 N–H and O–H groups in total. The molecule has 0 aromatic carbocycles. The Morgan fingerprint density at radius 2 is 1.75 bits per heavy atom. The summed E-state index contributed by atoms with van der Waals surface area (Å²) in [5, 5.41) is 0. The average molecular weight is 118 g/mol. The third kappa shape index (κ3) is 1.12. The molecule has 2 aliphatic carbocycles. The number of rotatable bonds is 0. The fourth-order valence-electron chi connectivity index (χ4n) is 1.90. The maximum atomic E-state index is 1.87. The van der Waals surface area contributed by atoms with Crippen LogP contribution in [-0.4, -0.2) is 0 Å². The maximum absolute atomic E-state index is 1.87. The van der Waals surface area contributed by atoms with Gasteiger partial charge < -0.3 is 5.92 Å². The molecule has 0 spiro atoms. The van der Waals surface area contributed by atoms with Crippen LogP contribution in [0.3, 0.4) is 0 Å². The first-order valence-corrected chi connectivity index (χ1v) is 3.29. The summed E-state index contributed by atoms with van der Waals surface area (Å²) >= 11 is 0. The molecule has 8 heavy (non-hydrogen) atoms. The molecule has 0 saturated heterocycles. The van der Waals surface area contributed by atoms with Crippen LogP contribution in [0.25, 0.3) is 0 Å². The Bertz CT molecular complexity index is 62.5. The zero-order valence-electron chi connectivity index (χ0n) is 5.61. The SMILES string of the molecule is C1CC2CC[C-]1C2.[Na+]. The van der Waals surface area contributed by atoms with Gasteiger partial charge in [-0.1, -0.05) is 18.8 Å². The van der Waals surface area contributed by atoms with Crippen LogP contribution < -0.4 is 29.6 Å². The summed E-state index contributed by atoms with van der Waals surface area (Å²) in [7, 11) is 0. The summed E-state index contributed by atoms with van der Waals surface area (Å²) in [6.45, 7) is 0. The first-order chi connectivity index (χ1) is 3.45. The summed E-state index contributed by atoms with van der Waals surface area (Å²) in [6, 6.07) is 0. The van der Waals surface area contributed by atoms with E-state index < -0.39 is 0 Å². The summed E-state index contributed by atoms with van der Waals surface area (Å²) in [6.07, 6.45) is 7.50. The van der Waals surface area contributed by atoms with E-state index in [0.717, 1.165) is 5.92 Å². The van der Waals surface area contributed by atoms with Gasteiger partial charge in [-0.25, -0.2) is 0 Å². The van der Waals surface area contributed by atoms with Gasteiger partial charge in [0, 0.05) is 0 Å². The van der Waals surface area contributed by atoms with Crippen LogP contribution in [-0.2, 0) is 0 Å². The van der Waals surface area contributed by atoms with Gasteiger partial charge in [-0.3, -0.25) is 0 Å². The van der Waals surface area contributed by atoms with Gasteiger partial charge >= 0.3 is 29.6 Å². The molecule has 40 valence electrons. The minimum absolute atomic E-state index is 0. The minimum Gasteiger partial charge on any atom is -0.313 e. The standard InChI is InChI=1S/C7H11.Na/c1-2-7-4-3-6(1)5-7;/h6H,1-5H2;/q-1;+1. The van der Waals surface area contributed by atoms with Gasteiger partial charge in [0.25, 0.3) is 0 Å². The van der Waals surface area contributed by atoms with Crippen molar-refractivity contribution >= 4 is 0 Å². The molecule has 2 rings (SSSR count). The van der Waals surface area contributed by atoms with E-state index in [0.29, 0.717) is 0 Å². The molecule has 0 unspecified atom stereocenters. The number of hydrogen-bond acceptors (Lipinski definition) is 0. The van der Waals surface area contributed by atoms with Gasteiger partial charge in [-0.05, 0) is 0 Å². The normalized spacial score (nSPS) is 28.5. The predicted octanol–water partition coefficient (Wildman–Crippen LogP) is -0.841. The molecule has 0 radical (unpaired) electrons. The molecule has 0 atom stereocenters.